The lowest BCUT2D eigenvalue weighted by Gasteiger charge is -2.25. The van der Waals surface area contributed by atoms with Gasteiger partial charge in [0.15, 0.2) is 0 Å². The van der Waals surface area contributed by atoms with Gasteiger partial charge in [0.1, 0.15) is 0 Å². The minimum absolute atomic E-state index is 0.0373. The van der Waals surface area contributed by atoms with Crippen molar-refractivity contribution in [2.45, 2.75) is 63.5 Å². The Hall–Kier alpha value is -1.35. The Labute approximate surface area is 121 Å². The average molecular weight is 275 g/mol. The monoisotopic (exact) mass is 275 g/mol. The molecule has 2 unspecified atom stereocenters. The van der Waals surface area contributed by atoms with Crippen LogP contribution < -0.4 is 5.32 Å². The van der Waals surface area contributed by atoms with Gasteiger partial charge in [-0.3, -0.25) is 4.79 Å². The van der Waals surface area contributed by atoms with E-state index in [4.69, 9.17) is 0 Å². The molecular weight excluding hydrogens is 250 g/mol. The van der Waals surface area contributed by atoms with E-state index in [1.54, 1.807) is 0 Å². The van der Waals surface area contributed by atoms with Crippen molar-refractivity contribution >= 4 is 5.91 Å². The van der Waals surface area contributed by atoms with Crippen molar-refractivity contribution < 1.29 is 9.90 Å². The lowest BCUT2D eigenvalue weighted by molar-refractivity contribution is -0.126. The second kappa shape index (κ2) is 6.40. The summed E-state index contributed by atoms with van der Waals surface area (Å²) in [6.07, 6.45) is 3.80. The number of hydrogen-bond acceptors (Lipinski definition) is 2. The van der Waals surface area contributed by atoms with Crippen LogP contribution >= 0.6 is 0 Å². The summed E-state index contributed by atoms with van der Waals surface area (Å²) in [4.78, 5) is 12.1. The van der Waals surface area contributed by atoms with Crippen molar-refractivity contribution in [2.75, 3.05) is 0 Å². The number of hydrogen-bond donors (Lipinski definition) is 2. The molecule has 1 amide bonds. The van der Waals surface area contributed by atoms with E-state index in [9.17, 15) is 9.90 Å². The predicted octanol–water partition coefficient (Wildman–Crippen LogP) is 2.99. The largest absolute Gasteiger partial charge is 0.389 e. The van der Waals surface area contributed by atoms with Crippen LogP contribution in [0.5, 0.6) is 0 Å². The second-order valence-corrected chi connectivity index (χ2v) is 6.16. The second-order valence-electron chi connectivity index (χ2n) is 6.16. The third kappa shape index (κ3) is 3.83. The zero-order valence-electron chi connectivity index (χ0n) is 12.4. The van der Waals surface area contributed by atoms with Crippen molar-refractivity contribution in [3.05, 3.63) is 35.9 Å². The highest BCUT2D eigenvalue weighted by Crippen LogP contribution is 2.32. The van der Waals surface area contributed by atoms with Crippen molar-refractivity contribution in [1.82, 2.24) is 5.32 Å². The summed E-state index contributed by atoms with van der Waals surface area (Å²) >= 11 is 0. The fraction of sp³-hybridized carbons (Fsp3) is 0.588. The number of benzene rings is 1. The van der Waals surface area contributed by atoms with Crippen LogP contribution in [-0.2, 0) is 4.79 Å². The SMILES string of the molecule is CC(NC(=O)CC1(O)CCCC1)C(C)c1ccccc1. The molecule has 1 aliphatic rings. The van der Waals surface area contributed by atoms with E-state index in [0.29, 0.717) is 0 Å². The van der Waals surface area contributed by atoms with Gasteiger partial charge in [0.05, 0.1) is 12.0 Å². The van der Waals surface area contributed by atoms with Crippen LogP contribution in [0.25, 0.3) is 0 Å². The summed E-state index contributed by atoms with van der Waals surface area (Å²) < 4.78 is 0. The van der Waals surface area contributed by atoms with Gasteiger partial charge in [-0.2, -0.15) is 0 Å². The third-order valence-corrected chi connectivity index (χ3v) is 4.49. The molecule has 0 heterocycles. The van der Waals surface area contributed by atoms with Crippen LogP contribution in [-0.4, -0.2) is 22.7 Å². The van der Waals surface area contributed by atoms with E-state index in [1.165, 1.54) is 5.56 Å². The molecule has 3 nitrogen and oxygen atoms in total. The molecule has 0 aromatic heterocycles. The molecule has 1 aromatic carbocycles. The Balaban J connectivity index is 1.87. The third-order valence-electron chi connectivity index (χ3n) is 4.49. The van der Waals surface area contributed by atoms with E-state index >= 15 is 0 Å². The van der Waals surface area contributed by atoms with Crippen LogP contribution in [0.1, 0.15) is 57.4 Å². The summed E-state index contributed by atoms with van der Waals surface area (Å²) in [6, 6.07) is 10.3. The number of carbonyl (C=O) groups excluding carboxylic acids is 1. The average Bonchev–Trinajstić information content (AvgIpc) is 2.84. The Morgan fingerprint density at radius 1 is 1.25 bits per heavy atom. The quantitative estimate of drug-likeness (QED) is 0.868. The fourth-order valence-electron chi connectivity index (χ4n) is 2.98. The zero-order chi connectivity index (χ0) is 14.6. The normalized spacial score (nSPS) is 20.4. The topological polar surface area (TPSA) is 49.3 Å². The molecule has 1 saturated carbocycles. The molecule has 0 spiro atoms. The van der Waals surface area contributed by atoms with Gasteiger partial charge < -0.3 is 10.4 Å². The fourth-order valence-corrected chi connectivity index (χ4v) is 2.98. The maximum atomic E-state index is 12.1. The molecule has 0 bridgehead atoms. The smallest absolute Gasteiger partial charge is 0.223 e. The van der Waals surface area contributed by atoms with Gasteiger partial charge in [-0.05, 0) is 25.3 Å². The summed E-state index contributed by atoms with van der Waals surface area (Å²) in [6.45, 7) is 4.14. The molecule has 20 heavy (non-hydrogen) atoms. The number of rotatable bonds is 5. The molecule has 1 aliphatic carbocycles. The molecule has 1 fully saturated rings. The summed E-state index contributed by atoms with van der Waals surface area (Å²) in [5.41, 5.74) is 0.458. The molecule has 2 N–H and O–H groups in total. The Morgan fingerprint density at radius 2 is 1.85 bits per heavy atom. The van der Waals surface area contributed by atoms with Crippen LogP contribution in [0.2, 0.25) is 0 Å². The molecule has 3 heteroatoms. The van der Waals surface area contributed by atoms with Crippen LogP contribution in [0, 0.1) is 0 Å². The number of carbonyl (C=O) groups is 1. The predicted molar refractivity (Wildman–Crippen MR) is 80.5 cm³/mol. The molecule has 2 atom stereocenters. The molecule has 0 aliphatic heterocycles. The van der Waals surface area contributed by atoms with Crippen molar-refractivity contribution in [3.63, 3.8) is 0 Å². The standard InChI is InChI=1S/C17H25NO2/c1-13(15-8-4-3-5-9-15)14(2)18-16(19)12-17(20)10-6-7-11-17/h3-5,8-9,13-14,20H,6-7,10-12H2,1-2H3,(H,18,19). The summed E-state index contributed by atoms with van der Waals surface area (Å²) in [7, 11) is 0. The minimum atomic E-state index is -0.764. The lowest BCUT2D eigenvalue weighted by atomic mass is 9.93. The van der Waals surface area contributed by atoms with Gasteiger partial charge in [0.2, 0.25) is 5.91 Å². The van der Waals surface area contributed by atoms with Crippen LogP contribution in [0.15, 0.2) is 30.3 Å². The molecule has 110 valence electrons. The van der Waals surface area contributed by atoms with E-state index in [0.717, 1.165) is 25.7 Å². The van der Waals surface area contributed by atoms with E-state index < -0.39 is 5.60 Å². The minimum Gasteiger partial charge on any atom is -0.389 e. The maximum absolute atomic E-state index is 12.1. The van der Waals surface area contributed by atoms with E-state index in [1.807, 2.05) is 25.1 Å². The van der Waals surface area contributed by atoms with E-state index in [-0.39, 0.29) is 24.3 Å². The summed E-state index contributed by atoms with van der Waals surface area (Å²) in [5.74, 6) is 0.225. The zero-order valence-corrected chi connectivity index (χ0v) is 12.4. The van der Waals surface area contributed by atoms with Gasteiger partial charge in [0, 0.05) is 12.0 Å². The van der Waals surface area contributed by atoms with E-state index in [2.05, 4.69) is 24.4 Å². The number of amides is 1. The first-order valence-electron chi connectivity index (χ1n) is 7.57. The lowest BCUT2D eigenvalue weighted by Crippen LogP contribution is -2.40. The van der Waals surface area contributed by atoms with Gasteiger partial charge >= 0.3 is 0 Å². The van der Waals surface area contributed by atoms with Gasteiger partial charge in [0.25, 0.3) is 0 Å². The van der Waals surface area contributed by atoms with Crippen LogP contribution in [0.4, 0.5) is 0 Å². The highest BCUT2D eigenvalue weighted by molar-refractivity contribution is 5.77. The molecular formula is C17H25NO2. The van der Waals surface area contributed by atoms with Gasteiger partial charge in [-0.1, -0.05) is 50.1 Å². The molecule has 2 rings (SSSR count). The van der Waals surface area contributed by atoms with Gasteiger partial charge in [-0.15, -0.1) is 0 Å². The maximum Gasteiger partial charge on any atom is 0.223 e. The highest BCUT2D eigenvalue weighted by atomic mass is 16.3. The number of aliphatic hydroxyl groups is 1. The first kappa shape index (κ1) is 15.0. The Morgan fingerprint density at radius 3 is 2.45 bits per heavy atom. The number of nitrogens with one attached hydrogen (secondary N) is 1. The first-order valence-corrected chi connectivity index (χ1v) is 7.57. The first-order chi connectivity index (χ1) is 9.50. The Bertz CT molecular complexity index is 438. The highest BCUT2D eigenvalue weighted by Gasteiger charge is 2.33. The molecule has 1 aromatic rings. The summed E-state index contributed by atoms with van der Waals surface area (Å²) in [5, 5.41) is 13.3. The Kier molecular flexibility index (Phi) is 4.81. The molecule has 0 saturated heterocycles. The van der Waals surface area contributed by atoms with Gasteiger partial charge in [-0.25, -0.2) is 0 Å². The van der Waals surface area contributed by atoms with Crippen molar-refractivity contribution in [1.29, 1.82) is 0 Å². The van der Waals surface area contributed by atoms with Crippen LogP contribution in [0.3, 0.4) is 0 Å². The molecule has 0 radical (unpaired) electrons. The van der Waals surface area contributed by atoms with Crippen molar-refractivity contribution in [2.24, 2.45) is 0 Å². The van der Waals surface area contributed by atoms with Crippen molar-refractivity contribution in [3.8, 4) is 0 Å².